The number of pyridine rings is 1. The van der Waals surface area contributed by atoms with Crippen molar-refractivity contribution in [1.82, 2.24) is 4.98 Å². The normalized spacial score (nSPS) is 13.5. The molecule has 0 saturated heterocycles. The van der Waals surface area contributed by atoms with Gasteiger partial charge in [-0.1, -0.05) is 13.0 Å². The van der Waals surface area contributed by atoms with Gasteiger partial charge in [-0.15, -0.1) is 0 Å². The summed E-state index contributed by atoms with van der Waals surface area (Å²) in [6.07, 6.45) is -2.26. The van der Waals surface area contributed by atoms with Gasteiger partial charge in [0.1, 0.15) is 5.75 Å². The first-order valence-electron chi connectivity index (χ1n) is 8.52. The standard InChI is InChI=1S/C20H25F3N2O/c1-13(11-19(3,4)24)12-26-18-6-5-15(10-17(18)20(21,22)23)16-7-8-25-14(2)9-16/h5-10,13H,11-12,24H2,1-4H3/t13-/m0/s1. The van der Waals surface area contributed by atoms with E-state index in [1.807, 2.05) is 20.8 Å². The van der Waals surface area contributed by atoms with Gasteiger partial charge in [0.2, 0.25) is 0 Å². The zero-order chi connectivity index (χ0) is 19.5. The van der Waals surface area contributed by atoms with Crippen molar-refractivity contribution in [2.24, 2.45) is 11.7 Å². The fraction of sp³-hybridized carbons (Fsp3) is 0.450. The lowest BCUT2D eigenvalue weighted by molar-refractivity contribution is -0.139. The quantitative estimate of drug-likeness (QED) is 0.763. The molecule has 26 heavy (non-hydrogen) atoms. The summed E-state index contributed by atoms with van der Waals surface area (Å²) < 4.78 is 46.0. The van der Waals surface area contributed by atoms with E-state index in [0.29, 0.717) is 17.5 Å². The molecule has 0 amide bonds. The zero-order valence-corrected chi connectivity index (χ0v) is 15.5. The van der Waals surface area contributed by atoms with E-state index in [9.17, 15) is 13.2 Å². The second-order valence-electron chi connectivity index (χ2n) is 7.50. The summed E-state index contributed by atoms with van der Waals surface area (Å²) in [6, 6.07) is 7.59. The third kappa shape index (κ3) is 5.73. The largest absolute Gasteiger partial charge is 0.493 e. The highest BCUT2D eigenvalue weighted by Gasteiger charge is 2.35. The number of nitrogens with zero attached hydrogens (tertiary/aromatic N) is 1. The Labute approximate surface area is 152 Å². The summed E-state index contributed by atoms with van der Waals surface area (Å²) >= 11 is 0. The van der Waals surface area contributed by atoms with E-state index in [0.717, 1.165) is 11.8 Å². The number of nitrogens with two attached hydrogens (primary N) is 1. The van der Waals surface area contributed by atoms with Crippen molar-refractivity contribution >= 4 is 0 Å². The number of aryl methyl sites for hydroxylation is 1. The SMILES string of the molecule is Cc1cc(-c2ccc(OC[C@@H](C)CC(C)(C)N)c(C(F)(F)F)c2)ccn1. The first-order chi connectivity index (χ1) is 12.0. The van der Waals surface area contributed by atoms with Gasteiger partial charge in [-0.25, -0.2) is 0 Å². The Kier molecular flexibility index (Phi) is 5.96. The van der Waals surface area contributed by atoms with Gasteiger partial charge in [0.05, 0.1) is 12.2 Å². The Morgan fingerprint density at radius 1 is 1.12 bits per heavy atom. The van der Waals surface area contributed by atoms with E-state index in [2.05, 4.69) is 4.98 Å². The molecule has 0 radical (unpaired) electrons. The zero-order valence-electron chi connectivity index (χ0n) is 15.5. The molecule has 1 aromatic carbocycles. The van der Waals surface area contributed by atoms with E-state index >= 15 is 0 Å². The molecule has 0 fully saturated rings. The lowest BCUT2D eigenvalue weighted by Gasteiger charge is -2.24. The van der Waals surface area contributed by atoms with Gasteiger partial charge in [0.25, 0.3) is 0 Å². The molecule has 0 aliphatic rings. The van der Waals surface area contributed by atoms with Crippen molar-refractivity contribution in [3.8, 4) is 16.9 Å². The Hall–Kier alpha value is -2.08. The van der Waals surface area contributed by atoms with Crippen molar-refractivity contribution in [2.45, 2.75) is 45.8 Å². The average Bonchev–Trinajstić information content (AvgIpc) is 2.50. The predicted octanol–water partition coefficient (Wildman–Crippen LogP) is 5.22. The van der Waals surface area contributed by atoms with Crippen LogP contribution < -0.4 is 10.5 Å². The van der Waals surface area contributed by atoms with Crippen LogP contribution >= 0.6 is 0 Å². The van der Waals surface area contributed by atoms with Gasteiger partial charge in [-0.3, -0.25) is 4.98 Å². The third-order valence-electron chi connectivity index (χ3n) is 3.91. The smallest absolute Gasteiger partial charge is 0.419 e. The van der Waals surface area contributed by atoms with Crippen LogP contribution in [-0.4, -0.2) is 17.1 Å². The number of alkyl halides is 3. The molecule has 0 spiro atoms. The van der Waals surface area contributed by atoms with Gasteiger partial charge in [-0.05, 0) is 68.5 Å². The topological polar surface area (TPSA) is 48.1 Å². The first kappa shape index (κ1) is 20.2. The lowest BCUT2D eigenvalue weighted by Crippen LogP contribution is -2.35. The van der Waals surface area contributed by atoms with E-state index in [-0.39, 0.29) is 18.3 Å². The van der Waals surface area contributed by atoms with E-state index < -0.39 is 17.3 Å². The van der Waals surface area contributed by atoms with Crippen molar-refractivity contribution < 1.29 is 17.9 Å². The number of halogens is 3. The van der Waals surface area contributed by atoms with Crippen LogP contribution in [0.1, 0.15) is 38.4 Å². The van der Waals surface area contributed by atoms with Gasteiger partial charge >= 0.3 is 6.18 Å². The van der Waals surface area contributed by atoms with Crippen LogP contribution in [0.4, 0.5) is 13.2 Å². The fourth-order valence-electron chi connectivity index (χ4n) is 2.97. The molecule has 1 heterocycles. The molecule has 2 N–H and O–H groups in total. The maximum atomic E-state index is 13.5. The summed E-state index contributed by atoms with van der Waals surface area (Å²) in [7, 11) is 0. The number of hydrogen-bond acceptors (Lipinski definition) is 3. The molecule has 0 bridgehead atoms. The molecular weight excluding hydrogens is 341 g/mol. The van der Waals surface area contributed by atoms with Crippen LogP contribution in [0.5, 0.6) is 5.75 Å². The maximum Gasteiger partial charge on any atom is 0.419 e. The summed E-state index contributed by atoms with van der Waals surface area (Å²) in [6.45, 7) is 7.66. The Balaban J connectivity index is 2.27. The molecule has 0 aliphatic carbocycles. The van der Waals surface area contributed by atoms with Crippen LogP contribution in [0.15, 0.2) is 36.5 Å². The molecule has 0 aliphatic heterocycles. The Morgan fingerprint density at radius 2 is 1.77 bits per heavy atom. The number of ether oxygens (including phenoxy) is 1. The molecule has 6 heteroatoms. The number of hydrogen-bond donors (Lipinski definition) is 1. The molecular formula is C20H25F3N2O. The van der Waals surface area contributed by atoms with Gasteiger partial charge in [0.15, 0.2) is 0 Å². The van der Waals surface area contributed by atoms with Crippen LogP contribution in [0.2, 0.25) is 0 Å². The van der Waals surface area contributed by atoms with Crippen molar-refractivity contribution in [2.75, 3.05) is 6.61 Å². The van der Waals surface area contributed by atoms with E-state index in [4.69, 9.17) is 10.5 Å². The fourth-order valence-corrected chi connectivity index (χ4v) is 2.97. The lowest BCUT2D eigenvalue weighted by atomic mass is 9.93. The summed E-state index contributed by atoms with van der Waals surface area (Å²) in [4.78, 5) is 4.07. The predicted molar refractivity (Wildman–Crippen MR) is 97.0 cm³/mol. The number of aromatic nitrogens is 1. The van der Waals surface area contributed by atoms with Crippen LogP contribution in [0.25, 0.3) is 11.1 Å². The van der Waals surface area contributed by atoms with Gasteiger partial charge in [0, 0.05) is 17.4 Å². The third-order valence-corrected chi connectivity index (χ3v) is 3.91. The van der Waals surface area contributed by atoms with Crippen molar-refractivity contribution in [1.29, 1.82) is 0 Å². The highest BCUT2D eigenvalue weighted by molar-refractivity contribution is 5.66. The molecule has 0 saturated carbocycles. The first-order valence-corrected chi connectivity index (χ1v) is 8.52. The van der Waals surface area contributed by atoms with E-state index in [1.54, 1.807) is 31.3 Å². The Morgan fingerprint density at radius 3 is 2.35 bits per heavy atom. The maximum absolute atomic E-state index is 13.5. The minimum absolute atomic E-state index is 0.0404. The second kappa shape index (κ2) is 7.66. The van der Waals surface area contributed by atoms with Crippen molar-refractivity contribution in [3.05, 3.63) is 47.8 Å². The second-order valence-corrected chi connectivity index (χ2v) is 7.50. The highest BCUT2D eigenvalue weighted by atomic mass is 19.4. The average molecular weight is 366 g/mol. The Bertz CT molecular complexity index is 751. The summed E-state index contributed by atoms with van der Waals surface area (Å²) in [5, 5.41) is 0. The van der Waals surface area contributed by atoms with E-state index in [1.165, 1.54) is 6.07 Å². The minimum Gasteiger partial charge on any atom is -0.493 e. The monoisotopic (exact) mass is 366 g/mol. The summed E-state index contributed by atoms with van der Waals surface area (Å²) in [5.41, 5.74) is 6.71. The number of rotatable bonds is 6. The van der Waals surface area contributed by atoms with Crippen LogP contribution in [0.3, 0.4) is 0 Å². The highest BCUT2D eigenvalue weighted by Crippen LogP contribution is 2.39. The molecule has 0 unspecified atom stereocenters. The van der Waals surface area contributed by atoms with Crippen molar-refractivity contribution in [3.63, 3.8) is 0 Å². The number of benzene rings is 1. The molecule has 2 rings (SSSR count). The molecule has 1 aromatic heterocycles. The molecule has 142 valence electrons. The molecule has 3 nitrogen and oxygen atoms in total. The van der Waals surface area contributed by atoms with Gasteiger partial charge < -0.3 is 10.5 Å². The molecule has 2 aromatic rings. The minimum atomic E-state index is -4.50. The van der Waals surface area contributed by atoms with Gasteiger partial charge in [-0.2, -0.15) is 13.2 Å². The van der Waals surface area contributed by atoms with Crippen LogP contribution in [0, 0.1) is 12.8 Å². The van der Waals surface area contributed by atoms with Crippen LogP contribution in [-0.2, 0) is 6.18 Å². The molecule has 1 atom stereocenters. The summed E-state index contributed by atoms with van der Waals surface area (Å²) in [5.74, 6) is -0.118.